The Labute approximate surface area is 119 Å². The third-order valence-electron chi connectivity index (χ3n) is 3.65. The van der Waals surface area contributed by atoms with Gasteiger partial charge < -0.3 is 19.9 Å². The lowest BCUT2D eigenvalue weighted by atomic mass is 9.99. The molecule has 0 aliphatic carbocycles. The van der Waals surface area contributed by atoms with Crippen LogP contribution in [0.4, 0.5) is 0 Å². The van der Waals surface area contributed by atoms with Crippen LogP contribution < -0.4 is 5.32 Å². The summed E-state index contributed by atoms with van der Waals surface area (Å²) in [5, 5.41) is 11.7. The summed E-state index contributed by atoms with van der Waals surface area (Å²) >= 11 is 0. The molecule has 116 valence electrons. The van der Waals surface area contributed by atoms with Gasteiger partial charge in [0, 0.05) is 19.6 Å². The van der Waals surface area contributed by atoms with Gasteiger partial charge in [0.15, 0.2) is 0 Å². The van der Waals surface area contributed by atoms with Gasteiger partial charge in [0.1, 0.15) is 6.04 Å². The molecule has 0 aromatic heterocycles. The average Bonchev–Trinajstić information content (AvgIpc) is 2.45. The molecule has 0 radical (unpaired) electrons. The second kappa shape index (κ2) is 8.92. The molecule has 6 nitrogen and oxygen atoms in total. The molecule has 1 rings (SSSR count). The SMILES string of the molecule is CCC(C)C(NC(=O)CCOC1CCOCC1)C(=O)O. The van der Waals surface area contributed by atoms with Crippen molar-refractivity contribution in [3.05, 3.63) is 0 Å². The largest absolute Gasteiger partial charge is 0.480 e. The van der Waals surface area contributed by atoms with Crippen LogP contribution in [0.5, 0.6) is 0 Å². The maximum absolute atomic E-state index is 11.7. The molecule has 1 fully saturated rings. The summed E-state index contributed by atoms with van der Waals surface area (Å²) in [7, 11) is 0. The lowest BCUT2D eigenvalue weighted by Gasteiger charge is -2.23. The van der Waals surface area contributed by atoms with Crippen LogP contribution >= 0.6 is 0 Å². The first kappa shape index (κ1) is 16.9. The fraction of sp³-hybridized carbons (Fsp3) is 0.857. The lowest BCUT2D eigenvalue weighted by Crippen LogP contribution is -2.45. The van der Waals surface area contributed by atoms with Crippen molar-refractivity contribution >= 4 is 11.9 Å². The Morgan fingerprint density at radius 1 is 1.40 bits per heavy atom. The van der Waals surface area contributed by atoms with Crippen LogP contribution in [-0.4, -0.2) is 48.9 Å². The van der Waals surface area contributed by atoms with Crippen LogP contribution in [0.1, 0.15) is 39.5 Å². The molecule has 1 saturated heterocycles. The molecule has 2 unspecified atom stereocenters. The first-order valence-electron chi connectivity index (χ1n) is 7.26. The summed E-state index contributed by atoms with van der Waals surface area (Å²) in [6.07, 6.45) is 2.76. The number of ether oxygens (including phenoxy) is 2. The Balaban J connectivity index is 2.25. The first-order valence-corrected chi connectivity index (χ1v) is 7.26. The van der Waals surface area contributed by atoms with Crippen molar-refractivity contribution in [2.24, 2.45) is 5.92 Å². The third-order valence-corrected chi connectivity index (χ3v) is 3.65. The number of hydrogen-bond donors (Lipinski definition) is 2. The molecule has 20 heavy (non-hydrogen) atoms. The van der Waals surface area contributed by atoms with Crippen molar-refractivity contribution in [3.63, 3.8) is 0 Å². The van der Waals surface area contributed by atoms with Gasteiger partial charge in [-0.25, -0.2) is 4.79 Å². The van der Waals surface area contributed by atoms with Gasteiger partial charge in [-0.15, -0.1) is 0 Å². The van der Waals surface area contributed by atoms with Crippen LogP contribution in [0.25, 0.3) is 0 Å². The van der Waals surface area contributed by atoms with Crippen molar-refractivity contribution in [1.82, 2.24) is 5.32 Å². The molecule has 1 aliphatic rings. The zero-order valence-electron chi connectivity index (χ0n) is 12.3. The Hall–Kier alpha value is -1.14. The van der Waals surface area contributed by atoms with E-state index in [4.69, 9.17) is 14.6 Å². The van der Waals surface area contributed by atoms with Gasteiger partial charge in [-0.05, 0) is 18.8 Å². The predicted molar refractivity (Wildman–Crippen MR) is 73.4 cm³/mol. The number of carbonyl (C=O) groups excluding carboxylic acids is 1. The van der Waals surface area contributed by atoms with E-state index < -0.39 is 12.0 Å². The Kier molecular flexibility index (Phi) is 7.54. The number of aliphatic carboxylic acids is 1. The second-order valence-corrected chi connectivity index (χ2v) is 5.20. The zero-order chi connectivity index (χ0) is 15.0. The number of carboxylic acid groups (broad SMARTS) is 1. The quantitative estimate of drug-likeness (QED) is 0.700. The summed E-state index contributed by atoms with van der Waals surface area (Å²) < 4.78 is 10.8. The van der Waals surface area contributed by atoms with Gasteiger partial charge in [0.25, 0.3) is 0 Å². The number of carbonyl (C=O) groups is 2. The predicted octanol–water partition coefficient (Wildman–Crippen LogP) is 1.19. The third kappa shape index (κ3) is 5.88. The number of hydrogen-bond acceptors (Lipinski definition) is 4. The van der Waals surface area contributed by atoms with Crippen molar-refractivity contribution in [1.29, 1.82) is 0 Å². The highest BCUT2D eigenvalue weighted by molar-refractivity contribution is 5.83. The van der Waals surface area contributed by atoms with Crippen LogP contribution in [0.3, 0.4) is 0 Å². The lowest BCUT2D eigenvalue weighted by molar-refractivity contribution is -0.143. The monoisotopic (exact) mass is 287 g/mol. The fourth-order valence-electron chi connectivity index (χ4n) is 2.09. The van der Waals surface area contributed by atoms with Crippen molar-refractivity contribution < 1.29 is 24.2 Å². The van der Waals surface area contributed by atoms with Crippen LogP contribution in [0.15, 0.2) is 0 Å². The second-order valence-electron chi connectivity index (χ2n) is 5.20. The summed E-state index contributed by atoms with van der Waals surface area (Å²) in [6.45, 7) is 5.44. The molecule has 0 saturated carbocycles. The molecule has 2 N–H and O–H groups in total. The van der Waals surface area contributed by atoms with E-state index in [9.17, 15) is 9.59 Å². The first-order chi connectivity index (χ1) is 9.54. The van der Waals surface area contributed by atoms with Gasteiger partial charge in [-0.1, -0.05) is 20.3 Å². The standard InChI is InChI=1S/C14H25NO5/c1-3-10(2)13(14(17)18)15-12(16)6-9-20-11-4-7-19-8-5-11/h10-11,13H,3-9H2,1-2H3,(H,15,16)(H,17,18). The van der Waals surface area contributed by atoms with Crippen LogP contribution in [0, 0.1) is 5.92 Å². The Morgan fingerprint density at radius 3 is 2.60 bits per heavy atom. The van der Waals surface area contributed by atoms with E-state index in [2.05, 4.69) is 5.32 Å². The van der Waals surface area contributed by atoms with Gasteiger partial charge in [-0.3, -0.25) is 4.79 Å². The van der Waals surface area contributed by atoms with Gasteiger partial charge >= 0.3 is 5.97 Å². The van der Waals surface area contributed by atoms with Crippen molar-refractivity contribution in [2.75, 3.05) is 19.8 Å². The topological polar surface area (TPSA) is 84.9 Å². The molecular weight excluding hydrogens is 262 g/mol. The number of carboxylic acids is 1. The molecule has 0 aromatic rings. The fourth-order valence-corrected chi connectivity index (χ4v) is 2.09. The number of amides is 1. The van der Waals surface area contributed by atoms with Gasteiger partial charge in [0.2, 0.25) is 5.91 Å². The average molecular weight is 287 g/mol. The Bertz CT molecular complexity index is 315. The summed E-state index contributed by atoms with van der Waals surface area (Å²) in [5.41, 5.74) is 0. The van der Waals surface area contributed by atoms with Crippen LogP contribution in [-0.2, 0) is 19.1 Å². The number of rotatable bonds is 8. The van der Waals surface area contributed by atoms with E-state index in [-0.39, 0.29) is 24.3 Å². The molecule has 2 atom stereocenters. The zero-order valence-corrected chi connectivity index (χ0v) is 12.3. The molecule has 1 amide bonds. The van der Waals surface area contributed by atoms with E-state index in [0.29, 0.717) is 26.2 Å². The maximum atomic E-state index is 11.7. The minimum Gasteiger partial charge on any atom is -0.480 e. The van der Waals surface area contributed by atoms with E-state index in [1.807, 2.05) is 13.8 Å². The van der Waals surface area contributed by atoms with Gasteiger partial charge in [0.05, 0.1) is 12.7 Å². The maximum Gasteiger partial charge on any atom is 0.326 e. The minimum absolute atomic E-state index is 0.0899. The van der Waals surface area contributed by atoms with Crippen molar-refractivity contribution in [3.8, 4) is 0 Å². The van der Waals surface area contributed by atoms with Crippen LogP contribution in [0.2, 0.25) is 0 Å². The highest BCUT2D eigenvalue weighted by atomic mass is 16.5. The molecule has 0 bridgehead atoms. The summed E-state index contributed by atoms with van der Waals surface area (Å²) in [5.74, 6) is -1.35. The minimum atomic E-state index is -0.988. The molecule has 1 heterocycles. The molecule has 0 spiro atoms. The van der Waals surface area contributed by atoms with E-state index in [0.717, 1.165) is 12.8 Å². The molecule has 6 heteroatoms. The molecule has 1 aliphatic heterocycles. The number of nitrogens with one attached hydrogen (secondary N) is 1. The summed E-state index contributed by atoms with van der Waals surface area (Å²) in [6, 6.07) is -0.824. The van der Waals surface area contributed by atoms with E-state index >= 15 is 0 Å². The summed E-state index contributed by atoms with van der Waals surface area (Å²) in [4.78, 5) is 22.8. The smallest absolute Gasteiger partial charge is 0.326 e. The Morgan fingerprint density at radius 2 is 2.05 bits per heavy atom. The molecular formula is C14H25NO5. The molecule has 0 aromatic carbocycles. The normalized spacial score (nSPS) is 19.3. The van der Waals surface area contributed by atoms with Gasteiger partial charge in [-0.2, -0.15) is 0 Å². The van der Waals surface area contributed by atoms with E-state index in [1.54, 1.807) is 0 Å². The highest BCUT2D eigenvalue weighted by Crippen LogP contribution is 2.11. The van der Waals surface area contributed by atoms with E-state index in [1.165, 1.54) is 0 Å². The highest BCUT2D eigenvalue weighted by Gasteiger charge is 2.25. The van der Waals surface area contributed by atoms with Crippen molar-refractivity contribution in [2.45, 2.75) is 51.7 Å².